The van der Waals surface area contributed by atoms with Gasteiger partial charge in [-0.3, -0.25) is 4.57 Å². The molecular weight excluding hydrogens is 285 g/mol. The van der Waals surface area contributed by atoms with Gasteiger partial charge in [-0.05, 0) is 44.9 Å². The molecule has 1 aliphatic carbocycles. The highest BCUT2D eigenvalue weighted by Crippen LogP contribution is 2.73. The van der Waals surface area contributed by atoms with Crippen molar-refractivity contribution in [2.75, 3.05) is 0 Å². The van der Waals surface area contributed by atoms with Crippen molar-refractivity contribution in [1.82, 2.24) is 0 Å². The third kappa shape index (κ3) is 2.96. The van der Waals surface area contributed by atoms with E-state index < -0.39 is 12.8 Å². The van der Waals surface area contributed by atoms with Gasteiger partial charge in [0.15, 0.2) is 0 Å². The van der Waals surface area contributed by atoms with E-state index in [-0.39, 0.29) is 12.2 Å². The molecule has 0 radical (unpaired) electrons. The molecule has 0 heterocycles. The van der Waals surface area contributed by atoms with Gasteiger partial charge in [-0.25, -0.2) is 0 Å². The smallest absolute Gasteiger partial charge is 0.304 e. The summed E-state index contributed by atoms with van der Waals surface area (Å²) in [5.74, 6) is 0. The van der Waals surface area contributed by atoms with Crippen molar-refractivity contribution >= 4 is 13.2 Å². The predicted octanol–water partition coefficient (Wildman–Crippen LogP) is 4.39. The van der Waals surface area contributed by atoms with Gasteiger partial charge in [0.1, 0.15) is 0 Å². The minimum atomic E-state index is -3.60. The Labute approximate surface area is 125 Å². The molecule has 112 valence electrons. The van der Waals surface area contributed by atoms with E-state index in [9.17, 15) is 9.83 Å². The second kappa shape index (κ2) is 5.77. The zero-order chi connectivity index (χ0) is 15.7. The van der Waals surface area contributed by atoms with E-state index in [1.807, 2.05) is 30.3 Å². The van der Waals surface area contributed by atoms with Crippen LogP contribution in [0.2, 0.25) is 0 Å². The Morgan fingerprint density at radius 3 is 2.05 bits per heavy atom. The Morgan fingerprint density at radius 2 is 1.62 bits per heavy atom. The van der Waals surface area contributed by atoms with Gasteiger partial charge in [0, 0.05) is 0 Å². The lowest BCUT2D eigenvalue weighted by molar-refractivity contribution is 0.139. The first-order chi connectivity index (χ1) is 9.84. The molecule has 0 saturated carbocycles. The van der Waals surface area contributed by atoms with Crippen LogP contribution in [0.1, 0.15) is 33.3 Å². The molecule has 1 aliphatic rings. The largest absolute Gasteiger partial charge is 0.359 e. The van der Waals surface area contributed by atoms with Crippen molar-refractivity contribution in [3.8, 4) is 6.07 Å². The van der Waals surface area contributed by atoms with Gasteiger partial charge in [0.2, 0.25) is 5.16 Å². The minimum Gasteiger partial charge on any atom is -0.304 e. The third-order valence-electron chi connectivity index (χ3n) is 3.07. The minimum absolute atomic E-state index is 0.286. The lowest BCUT2D eigenvalue weighted by Crippen LogP contribution is -2.21. The average Bonchev–Trinajstić information content (AvgIpc) is 3.14. The van der Waals surface area contributed by atoms with Gasteiger partial charge >= 0.3 is 7.60 Å². The summed E-state index contributed by atoms with van der Waals surface area (Å²) >= 11 is 0. The highest BCUT2D eigenvalue weighted by atomic mass is 31.2. The number of benzene rings is 1. The van der Waals surface area contributed by atoms with E-state index >= 15 is 0 Å². The molecule has 0 saturated heterocycles. The van der Waals surface area contributed by atoms with Gasteiger partial charge in [-0.15, -0.1) is 0 Å². The summed E-state index contributed by atoms with van der Waals surface area (Å²) < 4.78 is 24.4. The molecule has 0 fully saturated rings. The third-order valence-corrected chi connectivity index (χ3v) is 5.80. The Balaban J connectivity index is 2.36. The molecule has 21 heavy (non-hydrogen) atoms. The van der Waals surface area contributed by atoms with Crippen molar-refractivity contribution in [3.63, 3.8) is 0 Å². The van der Waals surface area contributed by atoms with E-state index in [0.717, 1.165) is 11.1 Å². The maximum Gasteiger partial charge on any atom is 0.359 e. The molecule has 0 bridgehead atoms. The second-order valence-corrected chi connectivity index (χ2v) is 7.73. The summed E-state index contributed by atoms with van der Waals surface area (Å²) in [6, 6.07) is 11.6. The van der Waals surface area contributed by atoms with Crippen LogP contribution in [0.4, 0.5) is 0 Å². The molecule has 0 unspecified atom stereocenters. The number of nitriles is 1. The van der Waals surface area contributed by atoms with Crippen LogP contribution in [0, 0.1) is 11.3 Å². The monoisotopic (exact) mass is 305 g/mol. The van der Waals surface area contributed by atoms with Gasteiger partial charge in [0.05, 0.1) is 18.3 Å². The summed E-state index contributed by atoms with van der Waals surface area (Å²) in [5.41, 5.74) is 1.59. The topological polar surface area (TPSA) is 59.3 Å². The van der Waals surface area contributed by atoms with Gasteiger partial charge in [0.25, 0.3) is 0 Å². The SMILES string of the molecule is CC(C)OP(=O)(OC(C)C)[C@@]1(C#N)C=C1c1ccccc1. The van der Waals surface area contributed by atoms with Crippen LogP contribution < -0.4 is 0 Å². The second-order valence-electron chi connectivity index (χ2n) is 5.61. The number of rotatable bonds is 6. The number of nitrogens with zero attached hydrogens (tertiary/aromatic N) is 1. The van der Waals surface area contributed by atoms with Crippen LogP contribution in [0.15, 0.2) is 36.4 Å². The summed E-state index contributed by atoms with van der Waals surface area (Å²) in [4.78, 5) is 0. The summed E-state index contributed by atoms with van der Waals surface area (Å²) in [7, 11) is -3.60. The molecule has 0 aromatic heterocycles. The molecule has 0 spiro atoms. The van der Waals surface area contributed by atoms with Gasteiger partial charge < -0.3 is 9.05 Å². The lowest BCUT2D eigenvalue weighted by atomic mass is 10.1. The Hall–Kier alpha value is -1.40. The summed E-state index contributed by atoms with van der Waals surface area (Å²) in [6.07, 6.45) is 1.12. The fourth-order valence-corrected chi connectivity index (χ4v) is 4.55. The lowest BCUT2D eigenvalue weighted by Gasteiger charge is -2.27. The average molecular weight is 305 g/mol. The molecular formula is C16H20NO3P. The molecule has 2 rings (SSSR count). The zero-order valence-corrected chi connectivity index (χ0v) is 13.6. The maximum absolute atomic E-state index is 13.2. The fourth-order valence-electron chi connectivity index (χ4n) is 2.22. The highest BCUT2D eigenvalue weighted by molar-refractivity contribution is 7.57. The van der Waals surface area contributed by atoms with Crippen LogP contribution in [0.5, 0.6) is 0 Å². The molecule has 0 N–H and O–H groups in total. The predicted molar refractivity (Wildman–Crippen MR) is 82.8 cm³/mol. The molecule has 1 atom stereocenters. The normalized spacial score (nSPS) is 21.3. The highest BCUT2D eigenvalue weighted by Gasteiger charge is 2.63. The molecule has 1 aromatic rings. The van der Waals surface area contributed by atoms with Crippen LogP contribution in [-0.4, -0.2) is 17.4 Å². The van der Waals surface area contributed by atoms with E-state index in [2.05, 4.69) is 6.07 Å². The molecule has 1 aromatic carbocycles. The van der Waals surface area contributed by atoms with Crippen LogP contribution >= 0.6 is 7.60 Å². The first kappa shape index (κ1) is 16.0. The quantitative estimate of drug-likeness (QED) is 0.731. The molecule has 0 amide bonds. The first-order valence-corrected chi connectivity index (χ1v) is 8.56. The Kier molecular flexibility index (Phi) is 4.39. The first-order valence-electron chi connectivity index (χ1n) is 7.01. The standard InChI is InChI=1S/C16H20NO3P/c1-12(2)19-21(18,20-13(3)4)16(11-17)10-15(16)14-8-6-5-7-9-14/h5-10,12-13H,1-4H3/t16-/m1/s1. The van der Waals surface area contributed by atoms with Crippen molar-refractivity contribution in [2.24, 2.45) is 0 Å². The van der Waals surface area contributed by atoms with E-state index in [1.165, 1.54) is 0 Å². The van der Waals surface area contributed by atoms with Crippen LogP contribution in [0.3, 0.4) is 0 Å². The van der Waals surface area contributed by atoms with Crippen molar-refractivity contribution < 1.29 is 13.6 Å². The van der Waals surface area contributed by atoms with Gasteiger partial charge in [-0.2, -0.15) is 5.26 Å². The maximum atomic E-state index is 13.2. The number of hydrogen-bond donors (Lipinski definition) is 0. The van der Waals surface area contributed by atoms with Gasteiger partial charge in [-0.1, -0.05) is 30.3 Å². The van der Waals surface area contributed by atoms with Crippen molar-refractivity contribution in [3.05, 3.63) is 42.0 Å². The zero-order valence-electron chi connectivity index (χ0n) is 12.7. The summed E-state index contributed by atoms with van der Waals surface area (Å²) in [6.45, 7) is 7.13. The van der Waals surface area contributed by atoms with Crippen LogP contribution in [-0.2, 0) is 13.6 Å². The van der Waals surface area contributed by atoms with Crippen LogP contribution in [0.25, 0.3) is 5.57 Å². The van der Waals surface area contributed by atoms with Crippen molar-refractivity contribution in [2.45, 2.75) is 45.1 Å². The summed E-state index contributed by atoms with van der Waals surface area (Å²) in [5, 5.41) is 8.35. The van der Waals surface area contributed by atoms with Crippen molar-refractivity contribution in [1.29, 1.82) is 5.26 Å². The Bertz CT molecular complexity index is 617. The molecule has 4 nitrogen and oxygen atoms in total. The Morgan fingerprint density at radius 1 is 1.10 bits per heavy atom. The molecule has 0 aliphatic heterocycles. The molecule has 5 heteroatoms. The van der Waals surface area contributed by atoms with E-state index in [0.29, 0.717) is 0 Å². The van der Waals surface area contributed by atoms with E-state index in [4.69, 9.17) is 9.05 Å². The van der Waals surface area contributed by atoms with E-state index in [1.54, 1.807) is 33.8 Å². The fraction of sp³-hybridized carbons (Fsp3) is 0.438. The number of allylic oxidation sites excluding steroid dienone is 2. The number of hydrogen-bond acceptors (Lipinski definition) is 4.